The molecule has 0 amide bonds. The summed E-state index contributed by atoms with van der Waals surface area (Å²) in [6.45, 7) is 0. The number of alkyl halides is 6. The van der Waals surface area contributed by atoms with E-state index in [0.717, 1.165) is 81.5 Å². The summed E-state index contributed by atoms with van der Waals surface area (Å²) in [6, 6.07) is 36.5. The lowest BCUT2D eigenvalue weighted by atomic mass is 10.1. The smallest absolute Gasteiger partial charge is 0.406 e. The predicted octanol–water partition coefficient (Wildman–Crippen LogP) is 9.86. The molecule has 308 valence electrons. The van der Waals surface area contributed by atoms with Gasteiger partial charge in [-0.15, -0.1) is 26.3 Å². The number of halogens is 6. The second-order valence-corrected chi connectivity index (χ2v) is 16.0. The quantitative estimate of drug-likeness (QED) is 0.0986. The first-order valence-electron chi connectivity index (χ1n) is 17.3. The molecule has 20 heteroatoms. The zero-order chi connectivity index (χ0) is 42.7. The summed E-state index contributed by atoms with van der Waals surface area (Å²) in [4.78, 5) is -0.403. The van der Waals surface area contributed by atoms with Gasteiger partial charge in [0.25, 0.3) is 20.0 Å². The normalized spacial score (nSPS) is 12.1. The zero-order valence-electron chi connectivity index (χ0n) is 30.3. The van der Waals surface area contributed by atoms with Crippen molar-refractivity contribution >= 4 is 53.2 Å². The van der Waals surface area contributed by atoms with E-state index in [9.17, 15) is 43.2 Å². The fourth-order valence-corrected chi connectivity index (χ4v) is 7.96. The molecule has 0 saturated carbocycles. The van der Waals surface area contributed by atoms with Gasteiger partial charge in [0.2, 0.25) is 0 Å². The topological polar surface area (TPSA) is 168 Å². The second kappa shape index (κ2) is 16.3. The summed E-state index contributed by atoms with van der Waals surface area (Å²) < 4.78 is 136. The lowest BCUT2D eigenvalue weighted by Gasteiger charge is -2.11. The Morgan fingerprint density at radius 1 is 0.467 bits per heavy atom. The zero-order valence-corrected chi connectivity index (χ0v) is 31.9. The maximum atomic E-state index is 12.6. The van der Waals surface area contributed by atoms with Crippen LogP contribution in [0.3, 0.4) is 0 Å². The van der Waals surface area contributed by atoms with Gasteiger partial charge >= 0.3 is 12.7 Å². The van der Waals surface area contributed by atoms with Crippen LogP contribution in [0.1, 0.15) is 0 Å². The van der Waals surface area contributed by atoms with Gasteiger partial charge in [0.1, 0.15) is 11.5 Å². The first kappa shape index (κ1) is 41.1. The maximum Gasteiger partial charge on any atom is 0.573 e. The first-order chi connectivity index (χ1) is 28.4. The molecule has 0 aliphatic rings. The molecule has 0 saturated heterocycles. The van der Waals surface area contributed by atoms with Crippen molar-refractivity contribution in [3.05, 3.63) is 146 Å². The van der Waals surface area contributed by atoms with Gasteiger partial charge in [0.05, 0.1) is 32.2 Å². The highest BCUT2D eigenvalue weighted by Gasteiger charge is 2.32. The van der Waals surface area contributed by atoms with Gasteiger partial charge in [-0.1, -0.05) is 60.7 Å². The molecule has 0 bridgehead atoms. The fraction of sp³-hybridized carbons (Fsp3) is 0.0500. The Labute approximate surface area is 336 Å². The van der Waals surface area contributed by atoms with E-state index in [1.165, 1.54) is 0 Å². The molecule has 2 heterocycles. The second-order valence-electron chi connectivity index (χ2n) is 12.6. The van der Waals surface area contributed by atoms with E-state index in [4.69, 9.17) is 0 Å². The molecule has 8 aromatic rings. The van der Waals surface area contributed by atoms with Crippen LogP contribution in [0.15, 0.2) is 155 Å². The van der Waals surface area contributed by atoms with E-state index in [1.807, 2.05) is 60.7 Å². The molecule has 0 radical (unpaired) electrons. The Bertz CT molecular complexity index is 2780. The maximum absolute atomic E-state index is 12.6. The Morgan fingerprint density at radius 2 is 0.817 bits per heavy atom. The monoisotopic (exact) mass is 866 g/mol. The Balaban J connectivity index is 0.000000181. The number of fused-ring (bicyclic) bond motifs is 2. The molecule has 8 rings (SSSR count). The summed E-state index contributed by atoms with van der Waals surface area (Å²) >= 11 is 0. The van der Waals surface area contributed by atoms with Crippen LogP contribution in [0, 0.1) is 0 Å². The van der Waals surface area contributed by atoms with Crippen molar-refractivity contribution in [2.75, 3.05) is 9.44 Å². The van der Waals surface area contributed by atoms with Crippen molar-refractivity contribution < 1.29 is 52.7 Å². The summed E-state index contributed by atoms with van der Waals surface area (Å²) in [5.74, 6) is -1.01. The number of aromatic nitrogens is 4. The Hall–Kier alpha value is -7.06. The Kier molecular flexibility index (Phi) is 11.2. The van der Waals surface area contributed by atoms with E-state index in [2.05, 4.69) is 39.3 Å². The van der Waals surface area contributed by atoms with Crippen LogP contribution in [0.4, 0.5) is 37.7 Å². The molecule has 0 aliphatic carbocycles. The number of ether oxygens (including phenoxy) is 2. The summed E-state index contributed by atoms with van der Waals surface area (Å²) in [7, 11) is -8.04. The Morgan fingerprint density at radius 3 is 1.15 bits per heavy atom. The molecule has 0 atom stereocenters. The first-order valence-corrected chi connectivity index (χ1v) is 20.2. The molecule has 0 unspecified atom stereocenters. The van der Waals surface area contributed by atoms with Gasteiger partial charge in [-0.2, -0.15) is 10.2 Å². The number of sulfonamides is 2. The van der Waals surface area contributed by atoms with Crippen molar-refractivity contribution in [3.63, 3.8) is 0 Å². The van der Waals surface area contributed by atoms with Gasteiger partial charge < -0.3 is 9.47 Å². The van der Waals surface area contributed by atoms with E-state index in [1.54, 1.807) is 36.4 Å². The van der Waals surface area contributed by atoms with Gasteiger partial charge in [0.15, 0.2) is 0 Å². The third-order valence-corrected chi connectivity index (χ3v) is 11.3. The van der Waals surface area contributed by atoms with E-state index >= 15 is 0 Å². The third-order valence-electron chi connectivity index (χ3n) is 8.46. The standard InChI is InChI=1S/2C20H14F3N3O3S/c2*21-20(22,23)29-15-7-9-16(10-8-15)30(27,28)26-14-6-11-18-17(12-14)19(25-24-18)13-4-2-1-3-5-13/h2*1-12,26H,(H,24,25). The molecular formula is C40H28F6N6O6S2. The molecular weight excluding hydrogens is 839 g/mol. The SMILES string of the molecule is O=S(=O)(Nc1ccc2[nH]nc(-c3ccccc3)c2c1)c1ccc(OC(F)(F)F)cc1.O=S(=O)(Nc1ccc2[nH]nc(-c3ccccc3)c2c1)c1ccc(OC(F)(F)F)cc1. The largest absolute Gasteiger partial charge is 0.573 e. The van der Waals surface area contributed by atoms with Crippen molar-refractivity contribution in [1.82, 2.24) is 20.4 Å². The minimum Gasteiger partial charge on any atom is -0.406 e. The molecule has 2 aromatic heterocycles. The minimum absolute atomic E-state index is 0.201. The number of aromatic amines is 2. The van der Waals surface area contributed by atoms with Crippen LogP contribution in [-0.4, -0.2) is 50.0 Å². The average Bonchev–Trinajstić information content (AvgIpc) is 3.82. The van der Waals surface area contributed by atoms with Crippen molar-refractivity contribution in [1.29, 1.82) is 0 Å². The summed E-state index contributed by atoms with van der Waals surface area (Å²) in [6.07, 6.45) is -9.70. The molecule has 6 aromatic carbocycles. The van der Waals surface area contributed by atoms with Crippen LogP contribution in [-0.2, 0) is 20.0 Å². The van der Waals surface area contributed by atoms with Crippen LogP contribution in [0.5, 0.6) is 11.5 Å². The minimum atomic E-state index is -4.85. The molecule has 4 N–H and O–H groups in total. The number of nitrogens with zero attached hydrogens (tertiary/aromatic N) is 2. The predicted molar refractivity (Wildman–Crippen MR) is 211 cm³/mol. The number of hydrogen-bond acceptors (Lipinski definition) is 8. The fourth-order valence-electron chi connectivity index (χ4n) is 5.86. The van der Waals surface area contributed by atoms with Gasteiger partial charge in [-0.25, -0.2) is 16.8 Å². The van der Waals surface area contributed by atoms with E-state index in [0.29, 0.717) is 11.4 Å². The lowest BCUT2D eigenvalue weighted by Crippen LogP contribution is -2.17. The number of rotatable bonds is 10. The van der Waals surface area contributed by atoms with Crippen LogP contribution >= 0.6 is 0 Å². The van der Waals surface area contributed by atoms with E-state index in [-0.39, 0.29) is 21.2 Å². The highest BCUT2D eigenvalue weighted by atomic mass is 32.2. The number of nitrogens with one attached hydrogen (secondary N) is 4. The molecule has 12 nitrogen and oxygen atoms in total. The van der Waals surface area contributed by atoms with Gasteiger partial charge in [-0.05, 0) is 84.9 Å². The number of benzene rings is 6. The van der Waals surface area contributed by atoms with Crippen molar-refractivity contribution in [2.45, 2.75) is 22.5 Å². The van der Waals surface area contributed by atoms with Crippen molar-refractivity contribution in [2.24, 2.45) is 0 Å². The van der Waals surface area contributed by atoms with Crippen molar-refractivity contribution in [3.8, 4) is 34.0 Å². The molecule has 0 aliphatic heterocycles. The molecule has 0 spiro atoms. The molecule has 60 heavy (non-hydrogen) atoms. The third kappa shape index (κ3) is 9.96. The number of anilines is 2. The van der Waals surface area contributed by atoms with Gasteiger partial charge in [0, 0.05) is 33.3 Å². The number of hydrogen-bond donors (Lipinski definition) is 4. The number of H-pyrrole nitrogens is 2. The summed E-state index contributed by atoms with van der Waals surface area (Å²) in [5.41, 5.74) is 5.10. The average molecular weight is 867 g/mol. The van der Waals surface area contributed by atoms with Crippen LogP contribution in [0.2, 0.25) is 0 Å². The highest BCUT2D eigenvalue weighted by Crippen LogP contribution is 2.32. The molecule has 0 fully saturated rings. The lowest BCUT2D eigenvalue weighted by molar-refractivity contribution is -0.275. The van der Waals surface area contributed by atoms with Gasteiger partial charge in [-0.3, -0.25) is 19.6 Å². The summed E-state index contributed by atoms with van der Waals surface area (Å²) in [5, 5.41) is 15.8. The van der Waals surface area contributed by atoms with Crippen LogP contribution in [0.25, 0.3) is 44.3 Å². The highest BCUT2D eigenvalue weighted by molar-refractivity contribution is 7.93. The van der Waals surface area contributed by atoms with E-state index < -0.39 is 44.3 Å². The van der Waals surface area contributed by atoms with Crippen LogP contribution < -0.4 is 18.9 Å².